The first-order valence-corrected chi connectivity index (χ1v) is 6.38. The van der Waals surface area contributed by atoms with Crippen LogP contribution in [0.1, 0.15) is 24.0 Å². The van der Waals surface area contributed by atoms with Crippen LogP contribution in [-0.4, -0.2) is 19.7 Å². The van der Waals surface area contributed by atoms with Crippen LogP contribution in [0.4, 0.5) is 0 Å². The molecule has 1 unspecified atom stereocenters. The molecule has 0 amide bonds. The Bertz CT molecular complexity index is 369. The minimum atomic E-state index is 0.820. The van der Waals surface area contributed by atoms with Gasteiger partial charge in [-0.1, -0.05) is 12.1 Å². The molecule has 0 saturated carbocycles. The Kier molecular flexibility index (Phi) is 2.83. The number of benzene rings is 1. The first kappa shape index (κ1) is 10.2. The highest BCUT2D eigenvalue weighted by Gasteiger charge is 2.19. The zero-order valence-electron chi connectivity index (χ0n) is 9.67. The van der Waals surface area contributed by atoms with Gasteiger partial charge in [0.15, 0.2) is 0 Å². The maximum Gasteiger partial charge on any atom is 0.122 e. The lowest BCUT2D eigenvalue weighted by atomic mass is 9.90. The Morgan fingerprint density at radius 2 is 2.38 bits per heavy atom. The first-order chi connectivity index (χ1) is 7.93. The molecule has 1 aromatic rings. The molecule has 1 N–H and O–H groups in total. The van der Waals surface area contributed by atoms with Crippen LogP contribution in [0.15, 0.2) is 18.2 Å². The van der Waals surface area contributed by atoms with Crippen LogP contribution in [0.3, 0.4) is 0 Å². The van der Waals surface area contributed by atoms with E-state index in [0.29, 0.717) is 0 Å². The van der Waals surface area contributed by atoms with Crippen molar-refractivity contribution in [3.63, 3.8) is 0 Å². The molecule has 0 radical (unpaired) electrons. The van der Waals surface area contributed by atoms with Gasteiger partial charge in [-0.25, -0.2) is 0 Å². The summed E-state index contributed by atoms with van der Waals surface area (Å²) in [5, 5.41) is 3.49. The van der Waals surface area contributed by atoms with Gasteiger partial charge in [0.25, 0.3) is 0 Å². The highest BCUT2D eigenvalue weighted by Crippen LogP contribution is 2.30. The van der Waals surface area contributed by atoms with Gasteiger partial charge in [0.2, 0.25) is 0 Å². The second-order valence-corrected chi connectivity index (χ2v) is 4.91. The van der Waals surface area contributed by atoms with Crippen LogP contribution < -0.4 is 10.1 Å². The predicted octanol–water partition coefficient (Wildman–Crippen LogP) is 2.16. The maximum absolute atomic E-state index is 5.61. The van der Waals surface area contributed by atoms with Crippen LogP contribution in [0.5, 0.6) is 5.75 Å². The Labute approximate surface area is 97.0 Å². The third-order valence-corrected chi connectivity index (χ3v) is 3.75. The molecular weight excluding hydrogens is 198 g/mol. The monoisotopic (exact) mass is 217 g/mol. The van der Waals surface area contributed by atoms with E-state index in [1.165, 1.54) is 43.5 Å². The summed E-state index contributed by atoms with van der Waals surface area (Å²) >= 11 is 0. The molecule has 0 aliphatic carbocycles. The van der Waals surface area contributed by atoms with Crippen LogP contribution in [-0.2, 0) is 12.8 Å². The average molecular weight is 217 g/mol. The van der Waals surface area contributed by atoms with Crippen molar-refractivity contribution in [3.05, 3.63) is 29.3 Å². The Balaban J connectivity index is 1.76. The summed E-state index contributed by atoms with van der Waals surface area (Å²) in [6.45, 7) is 3.26. The van der Waals surface area contributed by atoms with Gasteiger partial charge in [-0.05, 0) is 49.9 Å². The van der Waals surface area contributed by atoms with Crippen molar-refractivity contribution >= 4 is 0 Å². The quantitative estimate of drug-likeness (QED) is 0.819. The van der Waals surface area contributed by atoms with Gasteiger partial charge in [-0.3, -0.25) is 0 Å². The van der Waals surface area contributed by atoms with E-state index in [1.807, 2.05) is 0 Å². The summed E-state index contributed by atoms with van der Waals surface area (Å²) in [7, 11) is 0. The molecule has 1 aromatic carbocycles. The normalized spacial score (nSPS) is 23.9. The Morgan fingerprint density at radius 3 is 3.25 bits per heavy atom. The van der Waals surface area contributed by atoms with Crippen molar-refractivity contribution in [1.29, 1.82) is 0 Å². The van der Waals surface area contributed by atoms with Crippen molar-refractivity contribution < 1.29 is 4.74 Å². The lowest BCUT2D eigenvalue weighted by molar-refractivity contribution is 0.357. The van der Waals surface area contributed by atoms with Gasteiger partial charge in [0.1, 0.15) is 5.75 Å². The first-order valence-electron chi connectivity index (χ1n) is 6.38. The lowest BCUT2D eigenvalue weighted by Crippen LogP contribution is -2.31. The molecule has 86 valence electrons. The van der Waals surface area contributed by atoms with Gasteiger partial charge in [-0.15, -0.1) is 0 Å². The number of piperidine rings is 1. The molecule has 0 bridgehead atoms. The van der Waals surface area contributed by atoms with E-state index in [9.17, 15) is 0 Å². The predicted molar refractivity (Wildman–Crippen MR) is 64.9 cm³/mol. The van der Waals surface area contributed by atoms with Gasteiger partial charge in [-0.2, -0.15) is 0 Å². The fourth-order valence-electron chi connectivity index (χ4n) is 2.89. The summed E-state index contributed by atoms with van der Waals surface area (Å²) in [5.74, 6) is 1.95. The molecule has 1 atom stereocenters. The van der Waals surface area contributed by atoms with Crippen LogP contribution in [0, 0.1) is 5.92 Å². The molecule has 2 heterocycles. The summed E-state index contributed by atoms with van der Waals surface area (Å²) in [6.07, 6.45) is 5.03. The Hall–Kier alpha value is -1.02. The molecular formula is C14H19NO. The topological polar surface area (TPSA) is 21.3 Å². The molecule has 3 rings (SSSR count). The number of fused-ring (bicyclic) bond motifs is 1. The van der Waals surface area contributed by atoms with E-state index in [4.69, 9.17) is 4.74 Å². The van der Waals surface area contributed by atoms with Crippen molar-refractivity contribution in [2.24, 2.45) is 5.92 Å². The van der Waals surface area contributed by atoms with Gasteiger partial charge < -0.3 is 10.1 Å². The standard InChI is InChI=1S/C14H19NO/c1-4-12(9-11-3-2-7-15-10-11)13-6-8-16-14(13)5-1/h1,4-5,11,15H,2-3,6-10H2. The highest BCUT2D eigenvalue weighted by atomic mass is 16.5. The van der Waals surface area contributed by atoms with Crippen molar-refractivity contribution in [1.82, 2.24) is 5.32 Å². The fourth-order valence-corrected chi connectivity index (χ4v) is 2.89. The second-order valence-electron chi connectivity index (χ2n) is 4.91. The highest BCUT2D eigenvalue weighted by molar-refractivity contribution is 5.43. The number of rotatable bonds is 2. The minimum absolute atomic E-state index is 0.820. The van der Waals surface area contributed by atoms with Crippen LogP contribution in [0.2, 0.25) is 0 Å². The van der Waals surface area contributed by atoms with Gasteiger partial charge >= 0.3 is 0 Å². The fraction of sp³-hybridized carbons (Fsp3) is 0.571. The molecule has 2 nitrogen and oxygen atoms in total. The third-order valence-electron chi connectivity index (χ3n) is 3.75. The molecule has 2 aliphatic rings. The van der Waals surface area contributed by atoms with E-state index in [1.54, 1.807) is 0 Å². The Morgan fingerprint density at radius 1 is 1.38 bits per heavy atom. The molecule has 1 saturated heterocycles. The molecule has 0 spiro atoms. The summed E-state index contributed by atoms with van der Waals surface area (Å²) < 4.78 is 5.61. The number of ether oxygens (including phenoxy) is 1. The van der Waals surface area contributed by atoms with E-state index in [2.05, 4.69) is 23.5 Å². The molecule has 0 aromatic heterocycles. The van der Waals surface area contributed by atoms with E-state index in [0.717, 1.165) is 24.7 Å². The summed E-state index contributed by atoms with van der Waals surface area (Å²) in [4.78, 5) is 0. The number of nitrogens with one attached hydrogen (secondary N) is 1. The molecule has 2 aliphatic heterocycles. The lowest BCUT2D eigenvalue weighted by Gasteiger charge is -2.23. The minimum Gasteiger partial charge on any atom is -0.493 e. The van der Waals surface area contributed by atoms with Gasteiger partial charge in [0, 0.05) is 12.0 Å². The van der Waals surface area contributed by atoms with E-state index in [-0.39, 0.29) is 0 Å². The van der Waals surface area contributed by atoms with Crippen LogP contribution in [0.25, 0.3) is 0 Å². The smallest absolute Gasteiger partial charge is 0.122 e. The summed E-state index contributed by atoms with van der Waals surface area (Å²) in [5.41, 5.74) is 2.98. The van der Waals surface area contributed by atoms with Crippen molar-refractivity contribution in [2.45, 2.75) is 25.7 Å². The van der Waals surface area contributed by atoms with Crippen LogP contribution >= 0.6 is 0 Å². The third kappa shape index (κ3) is 1.94. The van der Waals surface area contributed by atoms with Gasteiger partial charge in [0.05, 0.1) is 6.61 Å². The SMILES string of the molecule is c1cc(CC2CCCNC2)c2c(c1)OCC2. The van der Waals surface area contributed by atoms with Crippen molar-refractivity contribution in [2.75, 3.05) is 19.7 Å². The number of hydrogen-bond donors (Lipinski definition) is 1. The van der Waals surface area contributed by atoms with E-state index >= 15 is 0 Å². The second kappa shape index (κ2) is 4.46. The number of hydrogen-bond acceptors (Lipinski definition) is 2. The maximum atomic E-state index is 5.61. The largest absolute Gasteiger partial charge is 0.493 e. The van der Waals surface area contributed by atoms with Crippen molar-refractivity contribution in [3.8, 4) is 5.75 Å². The molecule has 16 heavy (non-hydrogen) atoms. The zero-order chi connectivity index (χ0) is 10.8. The zero-order valence-corrected chi connectivity index (χ0v) is 9.67. The van der Waals surface area contributed by atoms with E-state index < -0.39 is 0 Å². The summed E-state index contributed by atoms with van der Waals surface area (Å²) in [6, 6.07) is 6.52. The average Bonchev–Trinajstić information content (AvgIpc) is 2.80. The molecule has 1 fully saturated rings. The molecule has 2 heteroatoms.